The lowest BCUT2D eigenvalue weighted by molar-refractivity contribution is 0.300. The molecule has 0 aliphatic heterocycles. The molecule has 5 aromatic rings. The average Bonchev–Trinajstić information content (AvgIpc) is 3.07. The third kappa shape index (κ3) is 8.75. The summed E-state index contributed by atoms with van der Waals surface area (Å²) in [4.78, 5) is 0. The molecule has 1 aliphatic carbocycles. The molecular weight excluding hydrogens is 677 g/mol. The standard InChI is InChI=1S/C51H62O4/c1-48(2,3)40-22-32-18-34-24-41(49(4,5)6)26-36(45(34)53)20-38-28-43(51(10,11)12)29-39(47(38)55-30-31-16-14-13-15-17-31)21-37-27-42(50(7,8)9)25-35(46(37)54)19-33(23-40)44(32)52/h13-17,22-29,52-54H,18-21,30H2,1-12H3. The van der Waals surface area contributed by atoms with Gasteiger partial charge in [0.15, 0.2) is 0 Å². The van der Waals surface area contributed by atoms with E-state index in [-0.39, 0.29) is 38.9 Å². The van der Waals surface area contributed by atoms with Crippen molar-refractivity contribution in [2.24, 2.45) is 0 Å². The molecule has 8 bridgehead atoms. The molecule has 290 valence electrons. The Morgan fingerprint density at radius 1 is 0.400 bits per heavy atom. The Kier molecular flexibility index (Phi) is 10.5. The van der Waals surface area contributed by atoms with Crippen LogP contribution in [0.15, 0.2) is 78.9 Å². The van der Waals surface area contributed by atoms with Crippen molar-refractivity contribution in [3.05, 3.63) is 151 Å². The summed E-state index contributed by atoms with van der Waals surface area (Å²) in [7, 11) is 0. The minimum Gasteiger partial charge on any atom is -0.507 e. The fourth-order valence-corrected chi connectivity index (χ4v) is 7.57. The van der Waals surface area contributed by atoms with Crippen molar-refractivity contribution in [1.82, 2.24) is 0 Å². The lowest BCUT2D eigenvalue weighted by Crippen LogP contribution is -2.16. The van der Waals surface area contributed by atoms with Gasteiger partial charge in [-0.1, -0.05) is 162 Å². The molecule has 0 heterocycles. The lowest BCUT2D eigenvalue weighted by Gasteiger charge is -2.27. The van der Waals surface area contributed by atoms with Gasteiger partial charge in [-0.2, -0.15) is 0 Å². The van der Waals surface area contributed by atoms with E-state index in [1.807, 2.05) is 18.2 Å². The van der Waals surface area contributed by atoms with E-state index in [1.165, 1.54) is 5.56 Å². The van der Waals surface area contributed by atoms with Crippen molar-refractivity contribution in [3.63, 3.8) is 0 Å². The fourth-order valence-electron chi connectivity index (χ4n) is 7.57. The molecule has 0 aromatic heterocycles. The third-order valence-corrected chi connectivity index (χ3v) is 11.3. The van der Waals surface area contributed by atoms with Crippen LogP contribution < -0.4 is 4.74 Å². The van der Waals surface area contributed by atoms with Crippen LogP contribution in [0.5, 0.6) is 23.0 Å². The molecule has 0 radical (unpaired) electrons. The maximum absolute atomic E-state index is 12.3. The van der Waals surface area contributed by atoms with Gasteiger partial charge in [0.25, 0.3) is 0 Å². The SMILES string of the molecule is CC(C)(C)c1cc2c(O)c(c1)Cc1cc(C(C)(C)C)cc(c1O)Cc1cc(C(C)(C)C)cc(c1OCc1ccccc1)Cc1cc(C(C)(C)C)cc(c1O)C2. The maximum Gasteiger partial charge on any atom is 0.126 e. The summed E-state index contributed by atoms with van der Waals surface area (Å²) >= 11 is 0. The van der Waals surface area contributed by atoms with E-state index in [0.29, 0.717) is 32.3 Å². The van der Waals surface area contributed by atoms with Gasteiger partial charge >= 0.3 is 0 Å². The number of hydrogen-bond acceptors (Lipinski definition) is 4. The lowest BCUT2D eigenvalue weighted by atomic mass is 9.79. The zero-order valence-electron chi connectivity index (χ0n) is 35.3. The third-order valence-electron chi connectivity index (χ3n) is 11.3. The number of aromatic hydroxyl groups is 3. The molecule has 3 N–H and O–H groups in total. The summed E-state index contributed by atoms with van der Waals surface area (Å²) in [6.45, 7) is 26.8. The van der Waals surface area contributed by atoms with Crippen LogP contribution in [0.25, 0.3) is 0 Å². The first-order valence-corrected chi connectivity index (χ1v) is 19.9. The number of phenolic OH excluding ortho intramolecular Hbond substituents is 3. The van der Waals surface area contributed by atoms with Crippen LogP contribution in [-0.4, -0.2) is 15.3 Å². The highest BCUT2D eigenvalue weighted by Gasteiger charge is 2.28. The van der Waals surface area contributed by atoms with E-state index in [0.717, 1.165) is 72.5 Å². The predicted molar refractivity (Wildman–Crippen MR) is 228 cm³/mol. The van der Waals surface area contributed by atoms with Gasteiger partial charge in [-0.15, -0.1) is 0 Å². The summed E-state index contributed by atoms with van der Waals surface area (Å²) in [6.07, 6.45) is 1.61. The first kappa shape index (κ1) is 40.0. The summed E-state index contributed by atoms with van der Waals surface area (Å²) in [5, 5.41) is 36.6. The number of hydrogen-bond donors (Lipinski definition) is 3. The van der Waals surface area contributed by atoms with Crippen molar-refractivity contribution in [2.45, 2.75) is 137 Å². The molecule has 0 fully saturated rings. The van der Waals surface area contributed by atoms with Crippen molar-refractivity contribution in [3.8, 4) is 23.0 Å². The van der Waals surface area contributed by atoms with E-state index in [2.05, 4.69) is 144 Å². The van der Waals surface area contributed by atoms with Crippen LogP contribution in [0.2, 0.25) is 0 Å². The van der Waals surface area contributed by atoms with Gasteiger partial charge in [-0.3, -0.25) is 0 Å². The summed E-state index contributed by atoms with van der Waals surface area (Å²) in [5.41, 5.74) is 11.5. The van der Waals surface area contributed by atoms with Crippen LogP contribution in [0.1, 0.15) is 155 Å². The van der Waals surface area contributed by atoms with Gasteiger partial charge in [-0.25, -0.2) is 0 Å². The normalized spacial score (nSPS) is 13.8. The largest absolute Gasteiger partial charge is 0.507 e. The molecule has 0 saturated carbocycles. The Balaban J connectivity index is 1.70. The molecule has 4 heteroatoms. The van der Waals surface area contributed by atoms with Crippen LogP contribution in [0.4, 0.5) is 0 Å². The Morgan fingerprint density at radius 2 is 0.655 bits per heavy atom. The molecule has 0 unspecified atom stereocenters. The zero-order valence-corrected chi connectivity index (χ0v) is 35.3. The topological polar surface area (TPSA) is 69.9 Å². The molecule has 5 aromatic carbocycles. The van der Waals surface area contributed by atoms with Gasteiger partial charge in [0.2, 0.25) is 0 Å². The molecule has 0 amide bonds. The highest BCUT2D eigenvalue weighted by Crippen LogP contribution is 2.43. The van der Waals surface area contributed by atoms with E-state index in [1.54, 1.807) is 0 Å². The van der Waals surface area contributed by atoms with Gasteiger partial charge < -0.3 is 20.1 Å². The first-order valence-electron chi connectivity index (χ1n) is 19.9. The molecule has 0 atom stereocenters. The van der Waals surface area contributed by atoms with E-state index < -0.39 is 0 Å². The second-order valence-electron chi connectivity index (χ2n) is 20.0. The van der Waals surface area contributed by atoms with E-state index >= 15 is 0 Å². The molecule has 6 rings (SSSR count). The van der Waals surface area contributed by atoms with Crippen LogP contribution in [0.3, 0.4) is 0 Å². The fraction of sp³-hybridized carbons (Fsp3) is 0.412. The Hall–Kier alpha value is -4.70. The second-order valence-corrected chi connectivity index (χ2v) is 20.0. The molecular formula is C51H62O4. The van der Waals surface area contributed by atoms with Gasteiger partial charge in [-0.05, 0) is 94.0 Å². The van der Waals surface area contributed by atoms with Gasteiger partial charge in [0.1, 0.15) is 29.6 Å². The maximum atomic E-state index is 12.3. The van der Waals surface area contributed by atoms with Crippen molar-refractivity contribution in [1.29, 1.82) is 0 Å². The van der Waals surface area contributed by atoms with Crippen molar-refractivity contribution >= 4 is 0 Å². The minimum atomic E-state index is -0.192. The quantitative estimate of drug-likeness (QED) is 0.169. The zero-order chi connectivity index (χ0) is 40.2. The molecule has 0 saturated heterocycles. The number of benzene rings is 5. The highest BCUT2D eigenvalue weighted by atomic mass is 16.5. The Morgan fingerprint density at radius 3 is 0.927 bits per heavy atom. The average molecular weight is 739 g/mol. The van der Waals surface area contributed by atoms with Crippen LogP contribution >= 0.6 is 0 Å². The monoisotopic (exact) mass is 738 g/mol. The Bertz CT molecular complexity index is 2100. The van der Waals surface area contributed by atoms with Crippen molar-refractivity contribution < 1.29 is 20.1 Å². The molecule has 4 nitrogen and oxygen atoms in total. The van der Waals surface area contributed by atoms with E-state index in [4.69, 9.17) is 4.74 Å². The van der Waals surface area contributed by atoms with Gasteiger partial charge in [0.05, 0.1) is 0 Å². The molecule has 55 heavy (non-hydrogen) atoms. The van der Waals surface area contributed by atoms with Crippen molar-refractivity contribution in [2.75, 3.05) is 0 Å². The highest BCUT2D eigenvalue weighted by molar-refractivity contribution is 5.59. The van der Waals surface area contributed by atoms with E-state index in [9.17, 15) is 15.3 Å². The van der Waals surface area contributed by atoms with Crippen LogP contribution in [-0.2, 0) is 54.0 Å². The van der Waals surface area contributed by atoms with Crippen LogP contribution in [0, 0.1) is 0 Å². The molecule has 1 aliphatic rings. The number of fused-ring (bicyclic) bond motifs is 8. The predicted octanol–water partition coefficient (Wildman–Crippen LogP) is 12.2. The smallest absolute Gasteiger partial charge is 0.126 e. The summed E-state index contributed by atoms with van der Waals surface area (Å²) < 4.78 is 6.88. The number of rotatable bonds is 3. The van der Waals surface area contributed by atoms with Gasteiger partial charge in [0, 0.05) is 25.7 Å². The second kappa shape index (κ2) is 14.4. The summed E-state index contributed by atoms with van der Waals surface area (Å²) in [6, 6.07) is 27.4. The Labute approximate surface area is 330 Å². The first-order chi connectivity index (χ1) is 25.5. The minimum absolute atomic E-state index is 0.172. The molecule has 0 spiro atoms. The number of ether oxygens (including phenoxy) is 1. The number of phenols is 3. The summed E-state index contributed by atoms with van der Waals surface area (Å²) in [5.74, 6) is 1.49.